The summed E-state index contributed by atoms with van der Waals surface area (Å²) in [5.74, 6) is 5.57. The molecule has 5 N–H and O–H groups in total. The highest BCUT2D eigenvalue weighted by atomic mass is 15.8. The Morgan fingerprint density at radius 2 is 2.19 bits per heavy atom. The van der Waals surface area contributed by atoms with Gasteiger partial charge in [-0.1, -0.05) is 20.4 Å². The van der Waals surface area contributed by atoms with Gasteiger partial charge in [-0.15, -0.1) is 0 Å². The highest BCUT2D eigenvalue weighted by Gasteiger charge is 2.48. The second-order valence-electron chi connectivity index (χ2n) is 5.17. The van der Waals surface area contributed by atoms with Gasteiger partial charge in [-0.25, -0.2) is 0 Å². The SMILES string of the molecule is C=CN(C(CC)CC)N1C(C)C1N=CNC(=N)CCNN. The Labute approximate surface area is 127 Å². The number of hydrogen-bond donors (Lipinski definition) is 4. The number of hydrogen-bond acceptors (Lipinski definition) is 6. The van der Waals surface area contributed by atoms with Crippen molar-refractivity contribution in [2.24, 2.45) is 10.8 Å². The molecule has 0 bridgehead atoms. The normalized spacial score (nSPS) is 24.3. The van der Waals surface area contributed by atoms with Gasteiger partial charge in [0.25, 0.3) is 0 Å². The maximum atomic E-state index is 7.67. The first kappa shape index (κ1) is 17.6. The summed E-state index contributed by atoms with van der Waals surface area (Å²) in [5, 5.41) is 14.9. The van der Waals surface area contributed by atoms with Crippen LogP contribution in [0.3, 0.4) is 0 Å². The van der Waals surface area contributed by atoms with Crippen molar-refractivity contribution >= 4 is 12.2 Å². The fourth-order valence-corrected chi connectivity index (χ4v) is 2.41. The van der Waals surface area contributed by atoms with E-state index in [4.69, 9.17) is 11.3 Å². The highest BCUT2D eigenvalue weighted by Crippen LogP contribution is 2.33. The van der Waals surface area contributed by atoms with Crippen LogP contribution in [-0.2, 0) is 0 Å². The smallest absolute Gasteiger partial charge is 0.138 e. The minimum atomic E-state index is 0.122. The molecule has 7 nitrogen and oxygen atoms in total. The number of amidine groups is 1. The number of aliphatic imine (C=N–C) groups is 1. The van der Waals surface area contributed by atoms with Crippen LogP contribution >= 0.6 is 0 Å². The van der Waals surface area contributed by atoms with E-state index in [1.54, 1.807) is 6.34 Å². The van der Waals surface area contributed by atoms with E-state index >= 15 is 0 Å². The van der Waals surface area contributed by atoms with Gasteiger partial charge in [0.1, 0.15) is 6.17 Å². The van der Waals surface area contributed by atoms with Gasteiger partial charge in [0.15, 0.2) is 0 Å². The first-order chi connectivity index (χ1) is 10.1. The van der Waals surface area contributed by atoms with Crippen LogP contribution in [0.1, 0.15) is 40.0 Å². The largest absolute Gasteiger partial charge is 0.335 e. The van der Waals surface area contributed by atoms with E-state index in [0.29, 0.717) is 30.9 Å². The van der Waals surface area contributed by atoms with Crippen molar-refractivity contribution in [3.05, 3.63) is 12.8 Å². The number of nitrogens with one attached hydrogen (secondary N) is 3. The molecule has 1 aliphatic rings. The summed E-state index contributed by atoms with van der Waals surface area (Å²) < 4.78 is 0. The van der Waals surface area contributed by atoms with Crippen molar-refractivity contribution in [3.8, 4) is 0 Å². The average molecular weight is 295 g/mol. The van der Waals surface area contributed by atoms with Crippen LogP contribution in [-0.4, -0.2) is 47.0 Å². The van der Waals surface area contributed by atoms with Crippen LogP contribution in [0.4, 0.5) is 0 Å². The minimum absolute atomic E-state index is 0.122. The minimum Gasteiger partial charge on any atom is -0.335 e. The summed E-state index contributed by atoms with van der Waals surface area (Å²) in [6.07, 6.45) is 6.32. The zero-order valence-electron chi connectivity index (χ0n) is 13.3. The number of nitrogens with two attached hydrogens (primary N) is 1. The molecule has 0 radical (unpaired) electrons. The molecule has 1 heterocycles. The maximum Gasteiger partial charge on any atom is 0.138 e. The van der Waals surface area contributed by atoms with Gasteiger partial charge in [0.05, 0.1) is 18.2 Å². The molecule has 0 spiro atoms. The Hall–Kier alpha value is -1.44. The summed E-state index contributed by atoms with van der Waals surface area (Å²) in [7, 11) is 0. The monoisotopic (exact) mass is 295 g/mol. The Morgan fingerprint density at radius 3 is 2.71 bits per heavy atom. The Kier molecular flexibility index (Phi) is 7.35. The molecule has 0 saturated carbocycles. The summed E-state index contributed by atoms with van der Waals surface area (Å²) in [6, 6.07) is 0.827. The lowest BCUT2D eigenvalue weighted by atomic mass is 10.2. The number of hydrazine groups is 2. The third-order valence-corrected chi connectivity index (χ3v) is 3.79. The van der Waals surface area contributed by atoms with Crippen molar-refractivity contribution in [2.75, 3.05) is 6.54 Å². The van der Waals surface area contributed by atoms with E-state index in [9.17, 15) is 0 Å². The van der Waals surface area contributed by atoms with Crippen molar-refractivity contribution in [1.82, 2.24) is 20.8 Å². The van der Waals surface area contributed by atoms with E-state index < -0.39 is 0 Å². The molecule has 21 heavy (non-hydrogen) atoms. The molecule has 7 heteroatoms. The lowest BCUT2D eigenvalue weighted by Crippen LogP contribution is -2.36. The van der Waals surface area contributed by atoms with Gasteiger partial charge in [-0.2, -0.15) is 5.01 Å². The molecular weight excluding hydrogens is 266 g/mol. The van der Waals surface area contributed by atoms with Gasteiger partial charge in [0, 0.05) is 25.2 Å². The number of rotatable bonds is 10. The van der Waals surface area contributed by atoms with Gasteiger partial charge >= 0.3 is 0 Å². The molecule has 1 aliphatic heterocycles. The second-order valence-corrected chi connectivity index (χ2v) is 5.17. The Bertz CT molecular complexity index is 364. The van der Waals surface area contributed by atoms with Gasteiger partial charge in [0.2, 0.25) is 0 Å². The topological polar surface area (TPSA) is 92.5 Å². The second kappa shape index (κ2) is 8.76. The van der Waals surface area contributed by atoms with Crippen molar-refractivity contribution in [1.29, 1.82) is 5.41 Å². The molecule has 3 unspecified atom stereocenters. The first-order valence-electron chi connectivity index (χ1n) is 7.58. The Balaban J connectivity index is 2.47. The molecule has 3 atom stereocenters. The molecule has 0 aromatic heterocycles. The lowest BCUT2D eigenvalue weighted by molar-refractivity contribution is 0.0704. The van der Waals surface area contributed by atoms with Crippen molar-refractivity contribution in [2.45, 2.75) is 58.3 Å². The van der Waals surface area contributed by atoms with E-state index in [1.165, 1.54) is 0 Å². The van der Waals surface area contributed by atoms with Crippen LogP contribution in [0.5, 0.6) is 0 Å². The van der Waals surface area contributed by atoms with Gasteiger partial charge in [-0.05, 0) is 19.8 Å². The van der Waals surface area contributed by atoms with E-state index in [-0.39, 0.29) is 6.17 Å². The van der Waals surface area contributed by atoms with E-state index in [2.05, 4.69) is 53.1 Å². The zero-order chi connectivity index (χ0) is 15.8. The van der Waals surface area contributed by atoms with Crippen LogP contribution in [0.2, 0.25) is 0 Å². The fraction of sp³-hybridized carbons (Fsp3) is 0.714. The molecule has 0 amide bonds. The molecule has 0 aromatic carbocycles. The summed E-state index contributed by atoms with van der Waals surface area (Å²) in [6.45, 7) is 11.0. The molecule has 0 aromatic rings. The predicted molar refractivity (Wildman–Crippen MR) is 87.7 cm³/mol. The van der Waals surface area contributed by atoms with Crippen LogP contribution in [0, 0.1) is 5.41 Å². The van der Waals surface area contributed by atoms with Crippen LogP contribution in [0.15, 0.2) is 17.8 Å². The molecule has 120 valence electrons. The Morgan fingerprint density at radius 1 is 1.52 bits per heavy atom. The summed E-state index contributed by atoms with van der Waals surface area (Å²) in [4.78, 5) is 4.47. The van der Waals surface area contributed by atoms with Crippen molar-refractivity contribution in [3.63, 3.8) is 0 Å². The summed E-state index contributed by atoms with van der Waals surface area (Å²) >= 11 is 0. The molecule has 1 fully saturated rings. The standard InChI is InChI=1S/C14H29N7/c1-5-12(6-2)20(7-3)21-11(4)14(21)18-10-17-13(15)8-9-19-16/h7,10-12,14,19H,3,5-6,8-9,16H2,1-2,4H3,(H2,15,17,18). The maximum absolute atomic E-state index is 7.67. The van der Waals surface area contributed by atoms with Crippen LogP contribution < -0.4 is 16.6 Å². The third-order valence-electron chi connectivity index (χ3n) is 3.79. The van der Waals surface area contributed by atoms with E-state index in [1.807, 2.05) is 6.20 Å². The lowest BCUT2D eigenvalue weighted by Gasteiger charge is -2.30. The first-order valence-corrected chi connectivity index (χ1v) is 7.58. The zero-order valence-corrected chi connectivity index (χ0v) is 13.3. The molecule has 1 rings (SSSR count). The van der Waals surface area contributed by atoms with E-state index in [0.717, 1.165) is 12.8 Å². The van der Waals surface area contributed by atoms with Crippen LogP contribution in [0.25, 0.3) is 0 Å². The quantitative estimate of drug-likeness (QED) is 0.159. The number of nitrogens with zero attached hydrogens (tertiary/aromatic N) is 3. The fourth-order valence-electron chi connectivity index (χ4n) is 2.41. The third kappa shape index (κ3) is 4.80. The molecule has 1 saturated heterocycles. The van der Waals surface area contributed by atoms with Crippen molar-refractivity contribution < 1.29 is 0 Å². The molecule has 0 aliphatic carbocycles. The van der Waals surface area contributed by atoms with Gasteiger partial charge < -0.3 is 10.3 Å². The highest BCUT2D eigenvalue weighted by molar-refractivity contribution is 5.89. The summed E-state index contributed by atoms with van der Waals surface area (Å²) in [5.41, 5.74) is 2.52. The average Bonchev–Trinajstić information content (AvgIpc) is 3.12. The van der Waals surface area contributed by atoms with Gasteiger partial charge in [-0.3, -0.25) is 21.7 Å². The molecular formula is C14H29N7. The predicted octanol–water partition coefficient (Wildman–Crippen LogP) is 1.01.